The fourth-order valence-corrected chi connectivity index (χ4v) is 3.34. The van der Waals surface area contributed by atoms with Crippen molar-refractivity contribution in [3.63, 3.8) is 0 Å². The standard InChI is InChI=1S/C15H26N2S/c1-4-12(2)15-10-17(13(3)9-16-15)7-5-14-6-8-18-11-14/h6,8,11-13,15-16H,4-5,7,9-10H2,1-3H3. The van der Waals surface area contributed by atoms with Gasteiger partial charge in [0.1, 0.15) is 0 Å². The van der Waals surface area contributed by atoms with E-state index in [-0.39, 0.29) is 0 Å². The zero-order valence-electron chi connectivity index (χ0n) is 11.9. The molecule has 2 heterocycles. The predicted octanol–water partition coefficient (Wildman–Crippen LogP) is 3.00. The van der Waals surface area contributed by atoms with Gasteiger partial charge in [0, 0.05) is 31.7 Å². The van der Waals surface area contributed by atoms with E-state index in [0.29, 0.717) is 12.1 Å². The summed E-state index contributed by atoms with van der Waals surface area (Å²) < 4.78 is 0. The predicted molar refractivity (Wildman–Crippen MR) is 80.3 cm³/mol. The molecule has 102 valence electrons. The van der Waals surface area contributed by atoms with Crippen LogP contribution in [-0.2, 0) is 6.42 Å². The molecule has 2 rings (SSSR count). The Labute approximate surface area is 115 Å². The van der Waals surface area contributed by atoms with E-state index in [0.717, 1.165) is 12.5 Å². The first-order chi connectivity index (χ1) is 8.70. The highest BCUT2D eigenvalue weighted by molar-refractivity contribution is 7.07. The van der Waals surface area contributed by atoms with Crippen LogP contribution in [0.5, 0.6) is 0 Å². The largest absolute Gasteiger partial charge is 0.311 e. The summed E-state index contributed by atoms with van der Waals surface area (Å²) in [6.45, 7) is 10.5. The van der Waals surface area contributed by atoms with Gasteiger partial charge in [-0.1, -0.05) is 20.3 Å². The topological polar surface area (TPSA) is 15.3 Å². The maximum absolute atomic E-state index is 3.70. The van der Waals surface area contributed by atoms with Crippen molar-refractivity contribution in [2.24, 2.45) is 5.92 Å². The quantitative estimate of drug-likeness (QED) is 0.881. The second-order valence-corrected chi connectivity index (χ2v) is 6.41. The van der Waals surface area contributed by atoms with E-state index in [9.17, 15) is 0 Å². The van der Waals surface area contributed by atoms with Crippen LogP contribution in [0.3, 0.4) is 0 Å². The Balaban J connectivity index is 1.85. The van der Waals surface area contributed by atoms with E-state index >= 15 is 0 Å². The summed E-state index contributed by atoms with van der Waals surface area (Å²) in [5, 5.41) is 8.16. The maximum Gasteiger partial charge on any atom is 0.0221 e. The second kappa shape index (κ2) is 6.69. The number of nitrogens with zero attached hydrogens (tertiary/aromatic N) is 1. The third kappa shape index (κ3) is 3.56. The average molecular weight is 266 g/mol. The summed E-state index contributed by atoms with van der Waals surface area (Å²) in [5.41, 5.74) is 1.49. The van der Waals surface area contributed by atoms with Crippen LogP contribution in [-0.4, -0.2) is 36.6 Å². The Kier molecular flexibility index (Phi) is 5.22. The summed E-state index contributed by atoms with van der Waals surface area (Å²) in [6.07, 6.45) is 2.46. The van der Waals surface area contributed by atoms with Gasteiger partial charge >= 0.3 is 0 Å². The van der Waals surface area contributed by atoms with Crippen molar-refractivity contribution in [1.82, 2.24) is 10.2 Å². The lowest BCUT2D eigenvalue weighted by molar-refractivity contribution is 0.120. The zero-order valence-corrected chi connectivity index (χ0v) is 12.7. The lowest BCUT2D eigenvalue weighted by Crippen LogP contribution is -2.57. The molecule has 1 fully saturated rings. The average Bonchev–Trinajstić information content (AvgIpc) is 2.90. The maximum atomic E-state index is 3.70. The van der Waals surface area contributed by atoms with E-state index in [1.165, 1.54) is 31.5 Å². The highest BCUT2D eigenvalue weighted by Gasteiger charge is 2.27. The van der Waals surface area contributed by atoms with Crippen LogP contribution in [0.15, 0.2) is 16.8 Å². The summed E-state index contributed by atoms with van der Waals surface area (Å²) in [5.74, 6) is 0.779. The van der Waals surface area contributed by atoms with Crippen molar-refractivity contribution in [2.75, 3.05) is 19.6 Å². The molecule has 0 aliphatic carbocycles. The van der Waals surface area contributed by atoms with Gasteiger partial charge in [0.2, 0.25) is 0 Å². The molecule has 1 aromatic heterocycles. The van der Waals surface area contributed by atoms with Gasteiger partial charge in [-0.2, -0.15) is 11.3 Å². The molecule has 0 aromatic carbocycles. The van der Waals surface area contributed by atoms with Crippen LogP contribution in [0.2, 0.25) is 0 Å². The molecule has 1 aliphatic rings. The molecule has 2 nitrogen and oxygen atoms in total. The van der Waals surface area contributed by atoms with Gasteiger partial charge in [0.05, 0.1) is 0 Å². The molecular formula is C15H26N2S. The number of rotatable bonds is 5. The molecule has 1 aliphatic heterocycles. The molecule has 3 unspecified atom stereocenters. The van der Waals surface area contributed by atoms with E-state index < -0.39 is 0 Å². The molecule has 18 heavy (non-hydrogen) atoms. The molecule has 1 aromatic rings. The number of piperazine rings is 1. The molecule has 1 N–H and O–H groups in total. The molecular weight excluding hydrogens is 240 g/mol. The Hall–Kier alpha value is -0.380. The molecule has 1 saturated heterocycles. The first-order valence-corrected chi connectivity index (χ1v) is 8.13. The lowest BCUT2D eigenvalue weighted by atomic mass is 9.95. The second-order valence-electron chi connectivity index (χ2n) is 5.63. The van der Waals surface area contributed by atoms with Crippen molar-refractivity contribution in [1.29, 1.82) is 0 Å². The summed E-state index contributed by atoms with van der Waals surface area (Å²) in [6, 6.07) is 3.60. The van der Waals surface area contributed by atoms with Crippen molar-refractivity contribution in [3.05, 3.63) is 22.4 Å². The SMILES string of the molecule is CCC(C)C1CN(CCc2ccsc2)C(C)CN1. The molecule has 0 saturated carbocycles. The fourth-order valence-electron chi connectivity index (χ4n) is 2.63. The molecule has 0 bridgehead atoms. The number of hydrogen-bond acceptors (Lipinski definition) is 3. The van der Waals surface area contributed by atoms with Gasteiger partial charge in [0.25, 0.3) is 0 Å². The van der Waals surface area contributed by atoms with E-state index in [2.05, 4.69) is 47.8 Å². The van der Waals surface area contributed by atoms with Crippen LogP contribution in [0.4, 0.5) is 0 Å². The van der Waals surface area contributed by atoms with Gasteiger partial charge in [-0.3, -0.25) is 4.90 Å². The van der Waals surface area contributed by atoms with Gasteiger partial charge in [0.15, 0.2) is 0 Å². The molecule has 3 heteroatoms. The molecule has 0 amide bonds. The Bertz CT molecular complexity index is 336. The van der Waals surface area contributed by atoms with E-state index in [1.807, 2.05) is 0 Å². The van der Waals surface area contributed by atoms with Gasteiger partial charge in [-0.15, -0.1) is 0 Å². The van der Waals surface area contributed by atoms with Crippen LogP contribution >= 0.6 is 11.3 Å². The van der Waals surface area contributed by atoms with Crippen LogP contribution in [0, 0.1) is 5.92 Å². The summed E-state index contributed by atoms with van der Waals surface area (Å²) in [4.78, 5) is 2.66. The summed E-state index contributed by atoms with van der Waals surface area (Å²) >= 11 is 1.81. The monoisotopic (exact) mass is 266 g/mol. The normalized spacial score (nSPS) is 27.3. The highest BCUT2D eigenvalue weighted by Crippen LogP contribution is 2.16. The number of thiophene rings is 1. The van der Waals surface area contributed by atoms with Crippen molar-refractivity contribution in [2.45, 2.75) is 45.7 Å². The molecule has 0 spiro atoms. The van der Waals surface area contributed by atoms with Gasteiger partial charge in [-0.05, 0) is 41.7 Å². The van der Waals surface area contributed by atoms with Crippen LogP contribution < -0.4 is 5.32 Å². The highest BCUT2D eigenvalue weighted by atomic mass is 32.1. The van der Waals surface area contributed by atoms with Crippen molar-refractivity contribution in [3.8, 4) is 0 Å². The Morgan fingerprint density at radius 2 is 2.39 bits per heavy atom. The minimum atomic E-state index is 0.670. The van der Waals surface area contributed by atoms with Crippen molar-refractivity contribution >= 4 is 11.3 Å². The zero-order chi connectivity index (χ0) is 13.0. The van der Waals surface area contributed by atoms with Crippen LogP contribution in [0.25, 0.3) is 0 Å². The minimum Gasteiger partial charge on any atom is -0.311 e. The Morgan fingerprint density at radius 3 is 3.06 bits per heavy atom. The summed E-state index contributed by atoms with van der Waals surface area (Å²) in [7, 11) is 0. The van der Waals surface area contributed by atoms with Crippen molar-refractivity contribution < 1.29 is 0 Å². The lowest BCUT2D eigenvalue weighted by Gasteiger charge is -2.41. The third-order valence-electron chi connectivity index (χ3n) is 4.33. The number of nitrogens with one attached hydrogen (secondary N) is 1. The molecule has 3 atom stereocenters. The smallest absolute Gasteiger partial charge is 0.0221 e. The minimum absolute atomic E-state index is 0.670. The third-order valence-corrected chi connectivity index (χ3v) is 5.06. The number of hydrogen-bond donors (Lipinski definition) is 1. The Morgan fingerprint density at radius 1 is 1.56 bits per heavy atom. The fraction of sp³-hybridized carbons (Fsp3) is 0.733. The first-order valence-electron chi connectivity index (χ1n) is 7.19. The van der Waals surface area contributed by atoms with E-state index in [1.54, 1.807) is 11.3 Å². The first kappa shape index (κ1) is 14.0. The molecule has 0 radical (unpaired) electrons. The van der Waals surface area contributed by atoms with Gasteiger partial charge in [-0.25, -0.2) is 0 Å². The van der Waals surface area contributed by atoms with Gasteiger partial charge < -0.3 is 5.32 Å². The van der Waals surface area contributed by atoms with E-state index in [4.69, 9.17) is 0 Å². The van der Waals surface area contributed by atoms with Crippen LogP contribution in [0.1, 0.15) is 32.8 Å².